The second kappa shape index (κ2) is 4.60. The fraction of sp³-hybridized carbons (Fsp3) is 0.385. The van der Waals surface area contributed by atoms with Crippen molar-refractivity contribution in [3.63, 3.8) is 0 Å². The van der Waals surface area contributed by atoms with Gasteiger partial charge < -0.3 is 9.88 Å². The van der Waals surface area contributed by atoms with Crippen LogP contribution in [0.25, 0.3) is 10.9 Å². The van der Waals surface area contributed by atoms with Gasteiger partial charge in [0.2, 0.25) is 0 Å². The molecule has 1 heterocycles. The van der Waals surface area contributed by atoms with E-state index in [0.29, 0.717) is 0 Å². The summed E-state index contributed by atoms with van der Waals surface area (Å²) in [6.45, 7) is 3.07. The van der Waals surface area contributed by atoms with E-state index < -0.39 is 0 Å². The van der Waals surface area contributed by atoms with Crippen LogP contribution in [0, 0.1) is 0 Å². The van der Waals surface area contributed by atoms with Crippen LogP contribution in [0.15, 0.2) is 22.7 Å². The highest BCUT2D eigenvalue weighted by atomic mass is 79.9. The fourth-order valence-corrected chi connectivity index (χ4v) is 2.81. The molecule has 0 aliphatic rings. The van der Waals surface area contributed by atoms with Crippen molar-refractivity contribution >= 4 is 26.8 Å². The molecule has 0 saturated heterocycles. The third kappa shape index (κ3) is 1.78. The van der Waals surface area contributed by atoms with Crippen molar-refractivity contribution in [2.45, 2.75) is 19.9 Å². The van der Waals surface area contributed by atoms with Gasteiger partial charge in [-0.25, -0.2) is 0 Å². The Morgan fingerprint density at radius 2 is 2.12 bits per heavy atom. The van der Waals surface area contributed by atoms with Gasteiger partial charge in [0.05, 0.1) is 0 Å². The minimum absolute atomic E-state index is 0.882. The quantitative estimate of drug-likeness (QED) is 0.914. The first-order chi connectivity index (χ1) is 7.69. The molecular weight excluding hydrogens is 264 g/mol. The second-order valence-electron chi connectivity index (χ2n) is 4.06. The van der Waals surface area contributed by atoms with E-state index >= 15 is 0 Å². The molecular formula is C13H17BrN2. The monoisotopic (exact) mass is 280 g/mol. The maximum atomic E-state index is 3.71. The van der Waals surface area contributed by atoms with Crippen molar-refractivity contribution in [2.75, 3.05) is 7.05 Å². The van der Waals surface area contributed by atoms with Crippen LogP contribution < -0.4 is 5.32 Å². The van der Waals surface area contributed by atoms with E-state index in [-0.39, 0.29) is 0 Å². The summed E-state index contributed by atoms with van der Waals surface area (Å²) in [5, 5.41) is 4.52. The van der Waals surface area contributed by atoms with Crippen molar-refractivity contribution in [2.24, 2.45) is 7.05 Å². The third-order valence-corrected chi connectivity index (χ3v) is 3.95. The summed E-state index contributed by atoms with van der Waals surface area (Å²) in [6.07, 6.45) is 1.08. The Kier molecular flexibility index (Phi) is 3.36. The number of aromatic nitrogens is 1. The highest BCUT2D eigenvalue weighted by molar-refractivity contribution is 9.10. The molecule has 1 aromatic heterocycles. The lowest BCUT2D eigenvalue weighted by Gasteiger charge is -2.03. The van der Waals surface area contributed by atoms with Gasteiger partial charge in [0.25, 0.3) is 0 Å². The van der Waals surface area contributed by atoms with Crippen molar-refractivity contribution in [3.8, 4) is 0 Å². The molecule has 0 aliphatic heterocycles. The maximum Gasteiger partial charge on any atom is 0.0492 e. The minimum atomic E-state index is 0.882. The predicted octanol–water partition coefficient (Wildman–Crippen LogP) is 3.22. The van der Waals surface area contributed by atoms with Crippen LogP contribution in [0.5, 0.6) is 0 Å². The highest BCUT2D eigenvalue weighted by Gasteiger charge is 2.12. The first-order valence-electron chi connectivity index (χ1n) is 5.59. The summed E-state index contributed by atoms with van der Waals surface area (Å²) < 4.78 is 3.46. The van der Waals surface area contributed by atoms with Crippen LogP contribution in [0.3, 0.4) is 0 Å². The summed E-state index contributed by atoms with van der Waals surface area (Å²) in [7, 11) is 4.09. The van der Waals surface area contributed by atoms with E-state index in [1.807, 2.05) is 7.05 Å². The Labute approximate surface area is 105 Å². The lowest BCUT2D eigenvalue weighted by atomic mass is 10.1. The van der Waals surface area contributed by atoms with E-state index in [1.165, 1.54) is 26.6 Å². The Bertz CT molecular complexity index is 514. The van der Waals surface area contributed by atoms with Gasteiger partial charge in [-0.1, -0.05) is 13.0 Å². The van der Waals surface area contributed by atoms with E-state index in [0.717, 1.165) is 13.0 Å². The van der Waals surface area contributed by atoms with Gasteiger partial charge in [-0.05, 0) is 47.1 Å². The molecule has 0 spiro atoms. The van der Waals surface area contributed by atoms with Gasteiger partial charge in [0.1, 0.15) is 0 Å². The SMILES string of the molecule is CCc1ccc2c(c1)c(Br)c(CNC)n2C. The molecule has 0 radical (unpaired) electrons. The Hall–Kier alpha value is -0.800. The molecule has 0 amide bonds. The molecule has 1 N–H and O–H groups in total. The highest BCUT2D eigenvalue weighted by Crippen LogP contribution is 2.31. The molecule has 3 heteroatoms. The zero-order valence-corrected chi connectivity index (χ0v) is 11.6. The Morgan fingerprint density at radius 1 is 1.38 bits per heavy atom. The largest absolute Gasteiger partial charge is 0.345 e. The van der Waals surface area contributed by atoms with E-state index in [4.69, 9.17) is 0 Å². The average molecular weight is 281 g/mol. The van der Waals surface area contributed by atoms with Gasteiger partial charge >= 0.3 is 0 Å². The third-order valence-electron chi connectivity index (χ3n) is 3.07. The molecule has 86 valence electrons. The molecule has 0 fully saturated rings. The maximum absolute atomic E-state index is 3.71. The van der Waals surface area contributed by atoms with Gasteiger partial charge in [-0.2, -0.15) is 0 Å². The molecule has 0 aliphatic carbocycles. The summed E-state index contributed by atoms with van der Waals surface area (Å²) in [4.78, 5) is 0. The number of hydrogen-bond donors (Lipinski definition) is 1. The predicted molar refractivity (Wildman–Crippen MR) is 72.8 cm³/mol. The molecule has 0 unspecified atom stereocenters. The first-order valence-corrected chi connectivity index (χ1v) is 6.38. The molecule has 1 aromatic carbocycles. The fourth-order valence-electron chi connectivity index (χ4n) is 2.08. The molecule has 0 atom stereocenters. The normalized spacial score (nSPS) is 11.2. The number of halogens is 1. The van der Waals surface area contributed by atoms with Crippen LogP contribution >= 0.6 is 15.9 Å². The molecule has 2 rings (SSSR count). The van der Waals surface area contributed by atoms with Crippen molar-refractivity contribution < 1.29 is 0 Å². The summed E-state index contributed by atoms with van der Waals surface area (Å²) in [5.41, 5.74) is 3.97. The smallest absolute Gasteiger partial charge is 0.0492 e. The number of nitrogens with zero attached hydrogens (tertiary/aromatic N) is 1. The zero-order chi connectivity index (χ0) is 11.7. The lowest BCUT2D eigenvalue weighted by Crippen LogP contribution is -2.09. The lowest BCUT2D eigenvalue weighted by molar-refractivity contribution is 0.741. The summed E-state index contributed by atoms with van der Waals surface area (Å²) >= 11 is 3.71. The zero-order valence-electron chi connectivity index (χ0n) is 9.97. The first kappa shape index (κ1) is 11.7. The number of aryl methyl sites for hydroxylation is 2. The van der Waals surface area contributed by atoms with Crippen molar-refractivity contribution in [1.82, 2.24) is 9.88 Å². The van der Waals surface area contributed by atoms with Crippen LogP contribution in [0.2, 0.25) is 0 Å². The van der Waals surface area contributed by atoms with Gasteiger partial charge in [-0.3, -0.25) is 0 Å². The number of nitrogens with one attached hydrogen (secondary N) is 1. The van der Waals surface area contributed by atoms with Crippen LogP contribution in [0.1, 0.15) is 18.2 Å². The summed E-state index contributed by atoms with van der Waals surface area (Å²) in [6, 6.07) is 6.69. The van der Waals surface area contributed by atoms with Gasteiger partial charge in [0, 0.05) is 34.7 Å². The molecule has 2 aromatic rings. The van der Waals surface area contributed by atoms with Gasteiger partial charge in [-0.15, -0.1) is 0 Å². The number of rotatable bonds is 3. The van der Waals surface area contributed by atoms with E-state index in [2.05, 4.69) is 58.0 Å². The van der Waals surface area contributed by atoms with Crippen LogP contribution in [0.4, 0.5) is 0 Å². The van der Waals surface area contributed by atoms with Gasteiger partial charge in [0.15, 0.2) is 0 Å². The standard InChI is InChI=1S/C13H17BrN2/c1-4-9-5-6-11-10(7-9)13(14)12(8-15-2)16(11)3/h5-7,15H,4,8H2,1-3H3. The number of fused-ring (bicyclic) bond motifs is 1. The van der Waals surface area contributed by atoms with Crippen molar-refractivity contribution in [1.29, 1.82) is 0 Å². The second-order valence-corrected chi connectivity index (χ2v) is 4.85. The van der Waals surface area contributed by atoms with E-state index in [9.17, 15) is 0 Å². The topological polar surface area (TPSA) is 17.0 Å². The Morgan fingerprint density at radius 3 is 2.75 bits per heavy atom. The Balaban J connectivity index is 2.67. The van der Waals surface area contributed by atoms with E-state index in [1.54, 1.807) is 0 Å². The van der Waals surface area contributed by atoms with Crippen molar-refractivity contribution in [3.05, 3.63) is 33.9 Å². The van der Waals surface area contributed by atoms with Crippen LogP contribution in [-0.2, 0) is 20.0 Å². The molecule has 16 heavy (non-hydrogen) atoms. The average Bonchev–Trinajstić information content (AvgIpc) is 2.54. The molecule has 2 nitrogen and oxygen atoms in total. The number of hydrogen-bond acceptors (Lipinski definition) is 1. The van der Waals surface area contributed by atoms with Crippen LogP contribution in [-0.4, -0.2) is 11.6 Å². The number of benzene rings is 1. The molecule has 0 bridgehead atoms. The summed E-state index contributed by atoms with van der Waals surface area (Å²) in [5.74, 6) is 0. The molecule has 0 saturated carbocycles. The minimum Gasteiger partial charge on any atom is -0.345 e.